The molecule has 0 saturated carbocycles. The third kappa shape index (κ3) is 3.74. The van der Waals surface area contributed by atoms with Crippen LogP contribution in [0.2, 0.25) is 10.0 Å². The Balaban J connectivity index is 1.75. The third-order valence-electron chi connectivity index (χ3n) is 3.90. The minimum Gasteiger partial charge on any atom is -0.326 e. The van der Waals surface area contributed by atoms with Crippen LogP contribution in [0.5, 0.6) is 0 Å². The number of hydrogen-bond donors (Lipinski definition) is 1. The number of halogens is 2. The second kappa shape index (κ2) is 7.13. The molecule has 1 aliphatic rings. The molecule has 1 fully saturated rings. The van der Waals surface area contributed by atoms with E-state index in [2.05, 4.69) is 5.32 Å². The first-order valence-corrected chi connectivity index (χ1v) is 9.15. The molecule has 0 spiro atoms. The number of carbonyl (C=O) groups excluding carboxylic acids is 2. The number of aryl methyl sites for hydroxylation is 1. The van der Waals surface area contributed by atoms with Crippen molar-refractivity contribution in [3.63, 3.8) is 0 Å². The number of likely N-dealkylation sites (tertiary alicyclic amines) is 1. The molecule has 2 amide bonds. The van der Waals surface area contributed by atoms with E-state index >= 15 is 0 Å². The Bertz CT molecular complexity index is 770. The van der Waals surface area contributed by atoms with Crippen LogP contribution >= 0.6 is 34.5 Å². The zero-order valence-corrected chi connectivity index (χ0v) is 15.3. The van der Waals surface area contributed by atoms with Crippen molar-refractivity contribution in [2.75, 3.05) is 11.9 Å². The largest absolute Gasteiger partial charge is 0.326 e. The summed E-state index contributed by atoms with van der Waals surface area (Å²) in [4.78, 5) is 28.6. The van der Waals surface area contributed by atoms with Gasteiger partial charge in [-0.05, 0) is 50.1 Å². The molecule has 0 bridgehead atoms. The van der Waals surface area contributed by atoms with Gasteiger partial charge >= 0.3 is 0 Å². The van der Waals surface area contributed by atoms with Gasteiger partial charge in [0, 0.05) is 27.2 Å². The molecular weight excluding hydrogens is 367 g/mol. The Kier molecular flexibility index (Phi) is 5.13. The van der Waals surface area contributed by atoms with E-state index in [0.717, 1.165) is 11.3 Å². The lowest BCUT2D eigenvalue weighted by molar-refractivity contribution is -0.119. The van der Waals surface area contributed by atoms with Crippen LogP contribution in [0.25, 0.3) is 0 Å². The molecule has 4 nitrogen and oxygen atoms in total. The summed E-state index contributed by atoms with van der Waals surface area (Å²) in [6, 6.07) is 8.12. The fourth-order valence-electron chi connectivity index (χ4n) is 2.82. The number of nitrogens with zero attached hydrogens (tertiary/aromatic N) is 1. The lowest BCUT2D eigenvalue weighted by Gasteiger charge is -2.23. The zero-order chi connectivity index (χ0) is 17.3. The van der Waals surface area contributed by atoms with E-state index in [4.69, 9.17) is 23.2 Å². The first-order chi connectivity index (χ1) is 11.4. The maximum atomic E-state index is 12.6. The molecule has 1 saturated heterocycles. The summed E-state index contributed by atoms with van der Waals surface area (Å²) in [7, 11) is 0. The van der Waals surface area contributed by atoms with Gasteiger partial charge in [0.25, 0.3) is 5.91 Å². The Labute approximate surface area is 154 Å². The standard InChI is InChI=1S/C17H16Cl2N2O2S/c1-10-4-5-15(24-10)17(23)21-6-2-3-14(21)16(22)20-13-8-11(18)7-12(19)9-13/h4-5,7-9,14H,2-3,6H2,1H3,(H,20,22). The number of thiophene rings is 1. The molecule has 0 aliphatic carbocycles. The fraction of sp³-hybridized carbons (Fsp3) is 0.294. The van der Waals surface area contributed by atoms with Crippen LogP contribution in [-0.4, -0.2) is 29.3 Å². The highest BCUT2D eigenvalue weighted by atomic mass is 35.5. The van der Waals surface area contributed by atoms with Crippen LogP contribution in [0.1, 0.15) is 27.4 Å². The molecule has 24 heavy (non-hydrogen) atoms. The normalized spacial score (nSPS) is 17.1. The smallest absolute Gasteiger partial charge is 0.264 e. The van der Waals surface area contributed by atoms with Crippen molar-refractivity contribution >= 4 is 52.0 Å². The Morgan fingerprint density at radius 3 is 2.54 bits per heavy atom. The second-order valence-corrected chi connectivity index (χ2v) is 7.88. The summed E-state index contributed by atoms with van der Waals surface area (Å²) in [6.45, 7) is 2.54. The summed E-state index contributed by atoms with van der Waals surface area (Å²) < 4.78 is 0. The Morgan fingerprint density at radius 2 is 1.92 bits per heavy atom. The third-order valence-corrected chi connectivity index (χ3v) is 5.32. The summed E-state index contributed by atoms with van der Waals surface area (Å²) >= 11 is 13.4. The Morgan fingerprint density at radius 1 is 1.21 bits per heavy atom. The number of benzene rings is 1. The molecule has 1 unspecified atom stereocenters. The monoisotopic (exact) mass is 382 g/mol. The Hall–Kier alpha value is -1.56. The van der Waals surface area contributed by atoms with Crippen molar-refractivity contribution in [1.29, 1.82) is 0 Å². The lowest BCUT2D eigenvalue weighted by atomic mass is 10.2. The van der Waals surface area contributed by atoms with Gasteiger partial charge < -0.3 is 10.2 Å². The van der Waals surface area contributed by atoms with E-state index in [1.54, 1.807) is 23.1 Å². The molecule has 2 aromatic rings. The van der Waals surface area contributed by atoms with Crippen molar-refractivity contribution in [2.45, 2.75) is 25.8 Å². The highest BCUT2D eigenvalue weighted by molar-refractivity contribution is 7.13. The van der Waals surface area contributed by atoms with E-state index in [1.807, 2.05) is 19.1 Å². The number of hydrogen-bond acceptors (Lipinski definition) is 3. The minimum absolute atomic E-state index is 0.0881. The maximum absolute atomic E-state index is 12.6. The quantitative estimate of drug-likeness (QED) is 0.842. The summed E-state index contributed by atoms with van der Waals surface area (Å²) in [5.41, 5.74) is 0.531. The predicted octanol–water partition coefficient (Wildman–Crippen LogP) is 4.61. The van der Waals surface area contributed by atoms with E-state index < -0.39 is 6.04 Å². The first kappa shape index (κ1) is 17.3. The van der Waals surface area contributed by atoms with E-state index in [1.165, 1.54) is 11.3 Å². The highest BCUT2D eigenvalue weighted by Crippen LogP contribution is 2.26. The molecule has 2 heterocycles. The van der Waals surface area contributed by atoms with Crippen LogP contribution < -0.4 is 5.32 Å². The SMILES string of the molecule is Cc1ccc(C(=O)N2CCCC2C(=O)Nc2cc(Cl)cc(Cl)c2)s1. The molecule has 1 aromatic heterocycles. The summed E-state index contributed by atoms with van der Waals surface area (Å²) in [6.07, 6.45) is 1.46. The van der Waals surface area contributed by atoms with Crippen LogP contribution in [0.4, 0.5) is 5.69 Å². The van der Waals surface area contributed by atoms with Crippen molar-refractivity contribution in [1.82, 2.24) is 4.90 Å². The van der Waals surface area contributed by atoms with Crippen molar-refractivity contribution in [2.24, 2.45) is 0 Å². The van der Waals surface area contributed by atoms with Gasteiger partial charge in [0.15, 0.2) is 0 Å². The number of anilines is 1. The minimum atomic E-state index is -0.474. The topological polar surface area (TPSA) is 49.4 Å². The molecule has 0 radical (unpaired) electrons. The van der Waals surface area contributed by atoms with Gasteiger partial charge in [0.05, 0.1) is 4.88 Å². The second-order valence-electron chi connectivity index (χ2n) is 5.71. The first-order valence-electron chi connectivity index (χ1n) is 7.58. The van der Waals surface area contributed by atoms with Crippen LogP contribution in [0, 0.1) is 6.92 Å². The molecule has 1 N–H and O–H groups in total. The summed E-state index contributed by atoms with van der Waals surface area (Å²) in [5, 5.41) is 3.71. The van der Waals surface area contributed by atoms with Crippen molar-refractivity contribution < 1.29 is 9.59 Å². The van der Waals surface area contributed by atoms with Gasteiger partial charge in [-0.3, -0.25) is 9.59 Å². The van der Waals surface area contributed by atoms with E-state index in [-0.39, 0.29) is 11.8 Å². The predicted molar refractivity (Wildman–Crippen MR) is 98.2 cm³/mol. The average molecular weight is 383 g/mol. The molecule has 1 atom stereocenters. The van der Waals surface area contributed by atoms with Gasteiger partial charge in [0.2, 0.25) is 5.91 Å². The summed E-state index contributed by atoms with van der Waals surface area (Å²) in [5.74, 6) is -0.303. The molecule has 126 valence electrons. The number of amides is 2. The molecule has 3 rings (SSSR count). The van der Waals surface area contributed by atoms with Gasteiger partial charge in [-0.25, -0.2) is 0 Å². The van der Waals surface area contributed by atoms with Crippen molar-refractivity contribution in [3.8, 4) is 0 Å². The van der Waals surface area contributed by atoms with E-state index in [9.17, 15) is 9.59 Å². The molecule has 1 aromatic carbocycles. The van der Waals surface area contributed by atoms with Gasteiger partial charge in [-0.15, -0.1) is 11.3 Å². The van der Waals surface area contributed by atoms with Crippen LogP contribution in [0.15, 0.2) is 30.3 Å². The molecular formula is C17H16Cl2N2O2S. The molecule has 1 aliphatic heterocycles. The lowest BCUT2D eigenvalue weighted by Crippen LogP contribution is -2.42. The van der Waals surface area contributed by atoms with Crippen molar-refractivity contribution in [3.05, 3.63) is 50.1 Å². The number of rotatable bonds is 3. The van der Waals surface area contributed by atoms with Gasteiger partial charge in [0.1, 0.15) is 6.04 Å². The van der Waals surface area contributed by atoms with E-state index in [0.29, 0.717) is 33.6 Å². The van der Waals surface area contributed by atoms with Crippen LogP contribution in [0.3, 0.4) is 0 Å². The highest BCUT2D eigenvalue weighted by Gasteiger charge is 2.35. The number of carbonyl (C=O) groups is 2. The van der Waals surface area contributed by atoms with Gasteiger partial charge in [-0.2, -0.15) is 0 Å². The average Bonchev–Trinajstić information content (AvgIpc) is 3.14. The maximum Gasteiger partial charge on any atom is 0.264 e. The fourth-order valence-corrected chi connectivity index (χ4v) is 4.17. The number of nitrogens with one attached hydrogen (secondary N) is 1. The zero-order valence-electron chi connectivity index (χ0n) is 13.0. The van der Waals surface area contributed by atoms with Crippen LogP contribution in [-0.2, 0) is 4.79 Å². The van der Waals surface area contributed by atoms with Gasteiger partial charge in [-0.1, -0.05) is 23.2 Å². The molecule has 7 heteroatoms.